The van der Waals surface area contributed by atoms with E-state index in [2.05, 4.69) is 24.1 Å². The summed E-state index contributed by atoms with van der Waals surface area (Å²) in [5.41, 5.74) is 0. The molecule has 0 saturated heterocycles. The van der Waals surface area contributed by atoms with Crippen molar-refractivity contribution >= 4 is 17.2 Å². The maximum Gasteiger partial charge on any atom is 0.261 e. The number of carbonyl (C=O) groups is 1. The number of carbonyl (C=O) groups excluding carboxylic acids is 1. The minimum absolute atomic E-state index is 0.102. The van der Waals surface area contributed by atoms with E-state index in [0.717, 1.165) is 26.1 Å². The fourth-order valence-electron chi connectivity index (χ4n) is 1.58. The van der Waals surface area contributed by atoms with Crippen molar-refractivity contribution in [2.45, 2.75) is 20.3 Å². The van der Waals surface area contributed by atoms with E-state index in [-0.39, 0.29) is 11.7 Å². The first kappa shape index (κ1) is 14.0. The third-order valence-corrected chi connectivity index (χ3v) is 3.56. The van der Waals surface area contributed by atoms with Gasteiger partial charge in [0.1, 0.15) is 5.75 Å². The van der Waals surface area contributed by atoms with Gasteiger partial charge in [-0.3, -0.25) is 4.79 Å². The van der Waals surface area contributed by atoms with Crippen molar-refractivity contribution in [3.8, 4) is 5.75 Å². The number of hydrogen-bond acceptors (Lipinski definition) is 4. The Labute approximate surface area is 106 Å². The standard InChI is InChI=1S/C12H20N2O2S/c1-3-14(4-2)7-5-6-13-12(16)11-8-10(15)9-17-11/h8-9,15H,3-7H2,1-2H3,(H,13,16). The van der Waals surface area contributed by atoms with Gasteiger partial charge >= 0.3 is 0 Å². The van der Waals surface area contributed by atoms with Gasteiger partial charge in [-0.1, -0.05) is 13.8 Å². The minimum atomic E-state index is -0.102. The quantitative estimate of drug-likeness (QED) is 0.733. The molecular formula is C12H20N2O2S. The molecule has 96 valence electrons. The normalized spacial score (nSPS) is 10.8. The zero-order valence-corrected chi connectivity index (χ0v) is 11.2. The molecule has 5 heteroatoms. The molecule has 0 atom stereocenters. The Kier molecular flexibility index (Phi) is 6.00. The van der Waals surface area contributed by atoms with Gasteiger partial charge in [-0.05, 0) is 26.1 Å². The summed E-state index contributed by atoms with van der Waals surface area (Å²) in [7, 11) is 0. The molecule has 0 aliphatic rings. The second-order valence-electron chi connectivity index (χ2n) is 3.81. The van der Waals surface area contributed by atoms with Gasteiger partial charge in [0, 0.05) is 18.0 Å². The van der Waals surface area contributed by atoms with Crippen LogP contribution in [0, 0.1) is 0 Å². The Balaban J connectivity index is 2.21. The molecule has 1 amide bonds. The van der Waals surface area contributed by atoms with Crippen LogP contribution in [0.2, 0.25) is 0 Å². The number of thiophene rings is 1. The summed E-state index contributed by atoms with van der Waals surface area (Å²) in [5.74, 6) is 0.0538. The molecule has 0 aromatic carbocycles. The van der Waals surface area contributed by atoms with Gasteiger partial charge in [-0.15, -0.1) is 11.3 Å². The molecule has 2 N–H and O–H groups in total. The first-order valence-corrected chi connectivity index (χ1v) is 6.83. The highest BCUT2D eigenvalue weighted by molar-refractivity contribution is 7.12. The summed E-state index contributed by atoms with van der Waals surface area (Å²) in [5, 5.41) is 13.5. The highest BCUT2D eigenvalue weighted by atomic mass is 32.1. The zero-order chi connectivity index (χ0) is 12.7. The summed E-state index contributed by atoms with van der Waals surface area (Å²) < 4.78 is 0. The van der Waals surface area contributed by atoms with Crippen LogP contribution >= 0.6 is 11.3 Å². The molecule has 0 spiro atoms. The van der Waals surface area contributed by atoms with Crippen LogP contribution in [0.1, 0.15) is 29.9 Å². The first-order valence-electron chi connectivity index (χ1n) is 5.95. The van der Waals surface area contributed by atoms with Gasteiger partial charge < -0.3 is 15.3 Å². The van der Waals surface area contributed by atoms with Gasteiger partial charge in [0.15, 0.2) is 0 Å². The molecule has 17 heavy (non-hydrogen) atoms. The molecule has 0 aliphatic heterocycles. The predicted octanol–water partition coefficient (Wildman–Crippen LogP) is 1.92. The van der Waals surface area contributed by atoms with Crippen LogP contribution in [0.4, 0.5) is 0 Å². The first-order chi connectivity index (χ1) is 8.17. The van der Waals surface area contributed by atoms with E-state index in [1.807, 2.05) is 0 Å². The van der Waals surface area contributed by atoms with Gasteiger partial charge in [0.25, 0.3) is 5.91 Å². The van der Waals surface area contributed by atoms with Crippen LogP contribution in [0.15, 0.2) is 11.4 Å². The van der Waals surface area contributed by atoms with Gasteiger partial charge in [0.2, 0.25) is 0 Å². The number of nitrogens with zero attached hydrogens (tertiary/aromatic N) is 1. The van der Waals surface area contributed by atoms with Crippen molar-refractivity contribution in [3.63, 3.8) is 0 Å². The molecule has 0 aliphatic carbocycles. The molecule has 1 aromatic rings. The van der Waals surface area contributed by atoms with Gasteiger partial charge in [0.05, 0.1) is 4.88 Å². The van der Waals surface area contributed by atoms with Gasteiger partial charge in [-0.2, -0.15) is 0 Å². The van der Waals surface area contributed by atoms with Crippen molar-refractivity contribution in [1.82, 2.24) is 10.2 Å². The fourth-order valence-corrected chi connectivity index (χ4v) is 2.26. The van der Waals surface area contributed by atoms with E-state index in [1.165, 1.54) is 17.4 Å². The molecular weight excluding hydrogens is 236 g/mol. The van der Waals surface area contributed by atoms with Gasteiger partial charge in [-0.25, -0.2) is 0 Å². The summed E-state index contributed by atoms with van der Waals surface area (Å²) in [6, 6.07) is 1.49. The summed E-state index contributed by atoms with van der Waals surface area (Å²) >= 11 is 1.26. The Morgan fingerprint density at radius 1 is 1.47 bits per heavy atom. The number of nitrogens with one attached hydrogen (secondary N) is 1. The number of aromatic hydroxyl groups is 1. The Bertz CT molecular complexity index is 348. The maximum atomic E-state index is 11.6. The smallest absolute Gasteiger partial charge is 0.261 e. The van der Waals surface area contributed by atoms with E-state index in [1.54, 1.807) is 5.38 Å². The number of amides is 1. The lowest BCUT2D eigenvalue weighted by molar-refractivity contribution is 0.0955. The third kappa shape index (κ3) is 4.75. The van der Waals surface area contributed by atoms with Crippen LogP contribution in [0.3, 0.4) is 0 Å². The lowest BCUT2D eigenvalue weighted by Gasteiger charge is -2.17. The number of rotatable bonds is 7. The van der Waals surface area contributed by atoms with E-state index < -0.39 is 0 Å². The molecule has 0 radical (unpaired) electrons. The van der Waals surface area contributed by atoms with E-state index in [9.17, 15) is 4.79 Å². The maximum absolute atomic E-state index is 11.6. The molecule has 1 rings (SSSR count). The van der Waals surface area contributed by atoms with Crippen molar-refractivity contribution in [3.05, 3.63) is 16.3 Å². The van der Waals surface area contributed by atoms with Crippen molar-refractivity contribution in [2.75, 3.05) is 26.2 Å². The third-order valence-electron chi connectivity index (χ3n) is 2.64. The number of hydrogen-bond donors (Lipinski definition) is 2. The molecule has 1 aromatic heterocycles. The summed E-state index contributed by atoms with van der Waals surface area (Å²) in [6.07, 6.45) is 0.949. The van der Waals surface area contributed by atoms with Crippen molar-refractivity contribution in [1.29, 1.82) is 0 Å². The molecule has 0 fully saturated rings. The summed E-state index contributed by atoms with van der Waals surface area (Å²) in [4.78, 5) is 14.5. The largest absolute Gasteiger partial charge is 0.507 e. The van der Waals surface area contributed by atoms with Crippen molar-refractivity contribution in [2.24, 2.45) is 0 Å². The lowest BCUT2D eigenvalue weighted by atomic mass is 10.3. The van der Waals surface area contributed by atoms with Crippen LogP contribution in [-0.4, -0.2) is 42.1 Å². The SMILES string of the molecule is CCN(CC)CCCNC(=O)c1cc(O)cs1. The predicted molar refractivity (Wildman–Crippen MR) is 70.7 cm³/mol. The minimum Gasteiger partial charge on any atom is -0.507 e. The van der Waals surface area contributed by atoms with Crippen LogP contribution in [0.5, 0.6) is 5.75 Å². The van der Waals surface area contributed by atoms with E-state index >= 15 is 0 Å². The second kappa shape index (κ2) is 7.29. The fraction of sp³-hybridized carbons (Fsp3) is 0.583. The molecule has 0 unspecified atom stereocenters. The monoisotopic (exact) mass is 256 g/mol. The molecule has 0 saturated carbocycles. The average Bonchev–Trinajstić information content (AvgIpc) is 2.76. The molecule has 1 heterocycles. The zero-order valence-electron chi connectivity index (χ0n) is 10.4. The Hall–Kier alpha value is -1.07. The Morgan fingerprint density at radius 2 is 2.18 bits per heavy atom. The van der Waals surface area contributed by atoms with Crippen LogP contribution in [-0.2, 0) is 0 Å². The average molecular weight is 256 g/mol. The highest BCUT2D eigenvalue weighted by Crippen LogP contribution is 2.19. The molecule has 0 bridgehead atoms. The van der Waals surface area contributed by atoms with E-state index in [4.69, 9.17) is 5.11 Å². The van der Waals surface area contributed by atoms with E-state index in [0.29, 0.717) is 11.4 Å². The van der Waals surface area contributed by atoms with Crippen molar-refractivity contribution < 1.29 is 9.90 Å². The second-order valence-corrected chi connectivity index (χ2v) is 4.72. The van der Waals surface area contributed by atoms with Crippen LogP contribution < -0.4 is 5.32 Å². The highest BCUT2D eigenvalue weighted by Gasteiger charge is 2.08. The Morgan fingerprint density at radius 3 is 2.71 bits per heavy atom. The summed E-state index contributed by atoms with van der Waals surface area (Å²) in [6.45, 7) is 8.04. The molecule has 4 nitrogen and oxygen atoms in total. The topological polar surface area (TPSA) is 52.6 Å². The van der Waals surface area contributed by atoms with Crippen LogP contribution in [0.25, 0.3) is 0 Å². The lowest BCUT2D eigenvalue weighted by Crippen LogP contribution is -2.29.